The molecule has 1 aromatic heterocycles. The maximum Gasteiger partial charge on any atom is 0.310 e. The Hall–Kier alpha value is -2.42. The molecule has 2 rings (SSSR count). The highest BCUT2D eigenvalue weighted by atomic mass is 16.4. The van der Waals surface area contributed by atoms with Crippen LogP contribution >= 0.6 is 0 Å². The number of anilines is 1. The molecule has 12 heteroatoms. The Kier molecular flexibility index (Phi) is 5.89. The number of nitrogens with zero attached hydrogens (tertiary/aromatic N) is 3. The van der Waals surface area contributed by atoms with Gasteiger partial charge in [-0.2, -0.15) is 10.4 Å². The predicted molar refractivity (Wildman–Crippen MR) is 112 cm³/mol. The first kappa shape index (κ1) is 21.9. The van der Waals surface area contributed by atoms with Crippen molar-refractivity contribution in [3.05, 3.63) is 35.4 Å². The van der Waals surface area contributed by atoms with Crippen molar-refractivity contribution in [2.75, 3.05) is 5.73 Å². The minimum Gasteiger partial charge on any atom is -0.481 e. The number of aliphatic carboxylic acids is 1. The van der Waals surface area contributed by atoms with Crippen molar-refractivity contribution in [2.24, 2.45) is 0 Å². The Labute approximate surface area is 171 Å². The van der Waals surface area contributed by atoms with Gasteiger partial charge in [-0.15, -0.1) is 10.2 Å². The molecule has 28 heavy (non-hydrogen) atoms. The van der Waals surface area contributed by atoms with Crippen molar-refractivity contribution in [1.82, 2.24) is 9.78 Å². The van der Waals surface area contributed by atoms with Crippen molar-refractivity contribution in [2.45, 2.75) is 29.1 Å². The molecule has 1 heterocycles. The van der Waals surface area contributed by atoms with Gasteiger partial charge < -0.3 is 10.8 Å². The summed E-state index contributed by atoms with van der Waals surface area (Å²) >= 11 is 0. The number of benzene rings is 1. The lowest BCUT2D eigenvalue weighted by atomic mass is 9.27. The van der Waals surface area contributed by atoms with E-state index in [0.29, 0.717) is 11.1 Å². The fourth-order valence-electron chi connectivity index (χ4n) is 2.89. The Balaban J connectivity index is 2.61. The van der Waals surface area contributed by atoms with Crippen LogP contribution in [0.2, 0.25) is 10.2 Å². The van der Waals surface area contributed by atoms with Gasteiger partial charge in [0.25, 0.3) is 0 Å². The third-order valence-corrected chi connectivity index (χ3v) is 4.31. The summed E-state index contributed by atoms with van der Waals surface area (Å²) in [5.41, 5.74) is 7.30. The van der Waals surface area contributed by atoms with Crippen LogP contribution in [0.4, 0.5) is 5.82 Å². The van der Waals surface area contributed by atoms with Gasteiger partial charge in [0.05, 0.1) is 53.0 Å². The molecule has 0 saturated carbocycles. The molecule has 1 atom stereocenters. The van der Waals surface area contributed by atoms with E-state index in [2.05, 4.69) is 5.10 Å². The molecule has 12 radical (unpaired) electrons. The van der Waals surface area contributed by atoms with Gasteiger partial charge in [0.15, 0.2) is 0 Å². The maximum atomic E-state index is 11.1. The normalized spacial score (nSPS) is 13.2. The highest BCUT2D eigenvalue weighted by Gasteiger charge is 2.37. The van der Waals surface area contributed by atoms with Crippen LogP contribution in [0.1, 0.15) is 30.0 Å². The molecule has 3 N–H and O–H groups in total. The van der Waals surface area contributed by atoms with Gasteiger partial charge in [-0.3, -0.25) is 4.79 Å². The molecule has 0 aliphatic heterocycles. The highest BCUT2D eigenvalue weighted by Crippen LogP contribution is 2.44. The summed E-state index contributed by atoms with van der Waals surface area (Å²) in [6.45, 7) is 1.56. The van der Waals surface area contributed by atoms with Crippen LogP contribution in [0, 0.1) is 11.3 Å². The molecule has 1 unspecified atom stereocenters. The van der Waals surface area contributed by atoms with Crippen LogP contribution in [-0.4, -0.2) is 67.9 Å². The van der Waals surface area contributed by atoms with Gasteiger partial charge in [-0.1, -0.05) is 24.3 Å². The van der Waals surface area contributed by atoms with Crippen molar-refractivity contribution in [3.8, 4) is 17.3 Å². The van der Waals surface area contributed by atoms with Crippen molar-refractivity contribution < 1.29 is 9.90 Å². The Bertz CT molecular complexity index is 911. The lowest BCUT2D eigenvalue weighted by Crippen LogP contribution is -2.39. The zero-order chi connectivity index (χ0) is 21.4. The number of carbonyl (C=O) groups is 1. The second-order valence-electron chi connectivity index (χ2n) is 6.75. The summed E-state index contributed by atoms with van der Waals surface area (Å²) in [5.74, 6) is -1.78. The quantitative estimate of drug-likeness (QED) is 0.702. The number of hydrogen-bond acceptors (Lipinski definition) is 4. The molecule has 0 saturated heterocycles. The number of rotatable bonds is 6. The fraction of sp³-hybridized carbons (Fsp3) is 0.312. The zero-order valence-electron chi connectivity index (χ0n) is 15.2. The zero-order valence-corrected chi connectivity index (χ0v) is 15.2. The molecule has 0 fully saturated rings. The summed E-state index contributed by atoms with van der Waals surface area (Å²) < 4.78 is 1.03. The number of hydrogen-bond donors (Lipinski definition) is 2. The molecule has 0 amide bonds. The van der Waals surface area contributed by atoms with Gasteiger partial charge in [-0.05, 0) is 12.5 Å². The van der Waals surface area contributed by atoms with E-state index in [0.717, 1.165) is 4.68 Å². The summed E-state index contributed by atoms with van der Waals surface area (Å²) in [6, 6.07) is 7.03. The Morgan fingerprint density at radius 3 is 2.07 bits per heavy atom. The van der Waals surface area contributed by atoms with E-state index >= 15 is 0 Å². The third kappa shape index (κ3) is 4.19. The summed E-state index contributed by atoms with van der Waals surface area (Å²) in [7, 11) is 34.5. The third-order valence-electron chi connectivity index (χ3n) is 4.31. The lowest BCUT2D eigenvalue weighted by Gasteiger charge is -2.43. The van der Waals surface area contributed by atoms with E-state index in [9.17, 15) is 10.1 Å². The topological polar surface area (TPSA) is 105 Å². The standard InChI is InChI=1S/C16H12B6N4O2/c1-7(13(27)28)8-2-4-9(5-3-8)11-10(6-23)12(24)26(25-11)14(15(17,18)19)16(20,21)22/h2-5,7,14H,24H2,1H3,(H,27,28). The lowest BCUT2D eigenvalue weighted by molar-refractivity contribution is -0.138. The fourth-order valence-corrected chi connectivity index (χ4v) is 2.89. The van der Waals surface area contributed by atoms with Crippen LogP contribution in [0.3, 0.4) is 0 Å². The predicted octanol–water partition coefficient (Wildman–Crippen LogP) is -0.108. The highest BCUT2D eigenvalue weighted by molar-refractivity contribution is 6.64. The van der Waals surface area contributed by atoms with Crippen LogP contribution in [0.15, 0.2) is 24.3 Å². The first-order valence-corrected chi connectivity index (χ1v) is 8.13. The largest absolute Gasteiger partial charge is 0.481 e. The Morgan fingerprint density at radius 2 is 1.68 bits per heavy atom. The molecule has 0 aliphatic rings. The molecule has 2 aromatic rings. The van der Waals surface area contributed by atoms with Crippen molar-refractivity contribution >= 4 is 58.9 Å². The van der Waals surface area contributed by atoms with Crippen molar-refractivity contribution in [1.29, 1.82) is 5.26 Å². The summed E-state index contributed by atoms with van der Waals surface area (Å²) in [4.78, 5) is 11.1. The molecule has 0 aliphatic carbocycles. The van der Waals surface area contributed by atoms with Gasteiger partial charge in [0.1, 0.15) is 23.1 Å². The van der Waals surface area contributed by atoms with E-state index in [-0.39, 0.29) is 17.1 Å². The van der Waals surface area contributed by atoms with Crippen LogP contribution in [0.25, 0.3) is 11.3 Å². The monoisotopic (exact) mass is 358 g/mol. The van der Waals surface area contributed by atoms with E-state index in [1.807, 2.05) is 6.07 Å². The van der Waals surface area contributed by atoms with E-state index < -0.39 is 28.2 Å². The number of nitriles is 1. The second kappa shape index (κ2) is 7.54. The second-order valence-corrected chi connectivity index (χ2v) is 6.75. The molecule has 1 aromatic carbocycles. The molecule has 6 nitrogen and oxygen atoms in total. The van der Waals surface area contributed by atoms with E-state index in [1.54, 1.807) is 31.2 Å². The van der Waals surface area contributed by atoms with Crippen LogP contribution in [-0.2, 0) is 4.79 Å². The smallest absolute Gasteiger partial charge is 0.310 e. The first-order chi connectivity index (χ1) is 12.8. The van der Waals surface area contributed by atoms with Gasteiger partial charge in [0, 0.05) is 11.6 Å². The number of aromatic nitrogens is 2. The number of carboxylic acids is 1. The molecular weight excluding hydrogens is 345 g/mol. The number of carboxylic acid groups (broad SMARTS) is 1. The molecule has 0 bridgehead atoms. The van der Waals surface area contributed by atoms with Crippen molar-refractivity contribution in [3.63, 3.8) is 0 Å². The van der Waals surface area contributed by atoms with Crippen LogP contribution < -0.4 is 5.73 Å². The first-order valence-electron chi connectivity index (χ1n) is 8.13. The van der Waals surface area contributed by atoms with Gasteiger partial charge in [-0.25, -0.2) is 4.68 Å². The van der Waals surface area contributed by atoms with Crippen LogP contribution in [0.5, 0.6) is 0 Å². The minimum atomic E-state index is -2.00. The van der Waals surface area contributed by atoms with E-state index in [1.165, 1.54) is 0 Å². The van der Waals surface area contributed by atoms with Gasteiger partial charge in [0.2, 0.25) is 0 Å². The maximum absolute atomic E-state index is 11.1. The summed E-state index contributed by atoms with van der Waals surface area (Å²) in [5, 5.41) is 18.9. The Morgan fingerprint density at radius 1 is 1.18 bits per heavy atom. The van der Waals surface area contributed by atoms with E-state index in [4.69, 9.17) is 57.9 Å². The SMILES string of the molecule is [B]C([B])([B])C(n1nc(-c2ccc(C(C)C(=O)O)cc2)c(C#N)c1N)C([B])([B])[B]. The molecule has 0 spiro atoms. The number of nitrogens with two attached hydrogens (primary N) is 1. The minimum absolute atomic E-state index is 0.0116. The molecular formula is C16H12B6N4O2. The average Bonchev–Trinajstić information content (AvgIpc) is 2.88. The molecule has 126 valence electrons. The average molecular weight is 357 g/mol. The van der Waals surface area contributed by atoms with Gasteiger partial charge >= 0.3 is 5.97 Å². The number of nitrogen functional groups attached to an aromatic ring is 1. The summed E-state index contributed by atoms with van der Waals surface area (Å²) in [6.07, 6.45) is 0.